The number of benzene rings is 1. The Labute approximate surface area is 190 Å². The fourth-order valence-corrected chi connectivity index (χ4v) is 4.69. The number of hydrogen-bond acceptors (Lipinski definition) is 6. The van der Waals surface area contributed by atoms with E-state index in [1.807, 2.05) is 53.2 Å². The van der Waals surface area contributed by atoms with Crippen LogP contribution in [0.25, 0.3) is 27.9 Å². The van der Waals surface area contributed by atoms with Crippen molar-refractivity contribution in [2.75, 3.05) is 31.2 Å². The molecule has 3 aromatic heterocycles. The van der Waals surface area contributed by atoms with Crippen LogP contribution in [0.2, 0.25) is 0 Å². The van der Waals surface area contributed by atoms with Gasteiger partial charge in [-0.2, -0.15) is 0 Å². The van der Waals surface area contributed by atoms with Crippen LogP contribution in [0.3, 0.4) is 0 Å². The largest absolute Gasteiger partial charge is 0.488 e. The Hall–Kier alpha value is -3.23. The summed E-state index contributed by atoms with van der Waals surface area (Å²) in [5.74, 6) is 0.785. The van der Waals surface area contributed by atoms with Gasteiger partial charge in [0.25, 0.3) is 0 Å². The normalized spacial score (nSPS) is 23.5. The first-order chi connectivity index (χ1) is 16.2. The van der Waals surface area contributed by atoms with Gasteiger partial charge in [0.05, 0.1) is 48.5 Å². The van der Waals surface area contributed by atoms with Crippen molar-refractivity contribution in [1.82, 2.24) is 14.4 Å². The number of para-hydroxylation sites is 1. The van der Waals surface area contributed by atoms with Crippen LogP contribution >= 0.6 is 0 Å². The molecule has 2 fully saturated rings. The summed E-state index contributed by atoms with van der Waals surface area (Å²) in [5, 5.41) is 1.02. The quantitative estimate of drug-likeness (QED) is 0.515. The average Bonchev–Trinajstić information content (AvgIpc) is 3.50. The molecule has 0 amide bonds. The number of ether oxygens (including phenoxy) is 2. The molecule has 2 saturated heterocycles. The number of nitrogens with zero attached hydrogens (tertiary/aromatic N) is 4. The predicted octanol–water partition coefficient (Wildman–Crippen LogP) is 3.59. The highest BCUT2D eigenvalue weighted by molar-refractivity contribution is 5.92. The molecule has 2 aliphatic rings. The van der Waals surface area contributed by atoms with E-state index < -0.39 is 12.2 Å². The molecule has 0 radical (unpaired) electrons. The van der Waals surface area contributed by atoms with Crippen molar-refractivity contribution >= 4 is 22.2 Å². The molecule has 2 N–H and O–H groups in total. The lowest BCUT2D eigenvalue weighted by molar-refractivity contribution is 0.141. The van der Waals surface area contributed by atoms with Gasteiger partial charge in [0, 0.05) is 36.7 Å². The number of imidazole rings is 1. The highest BCUT2D eigenvalue weighted by Crippen LogP contribution is 2.31. The van der Waals surface area contributed by atoms with E-state index in [0.29, 0.717) is 13.0 Å². The van der Waals surface area contributed by atoms with E-state index in [-0.39, 0.29) is 12.6 Å². The molecule has 5 heterocycles. The second-order valence-corrected chi connectivity index (χ2v) is 8.80. The summed E-state index contributed by atoms with van der Waals surface area (Å²) >= 11 is 0. The van der Waals surface area contributed by atoms with Gasteiger partial charge in [0.2, 0.25) is 0 Å². The number of nitrogens with two attached hydrogens (primary N) is 1. The fraction of sp³-hybridized carbons (Fsp3) is 0.360. The van der Waals surface area contributed by atoms with Crippen molar-refractivity contribution in [3.8, 4) is 17.1 Å². The highest BCUT2D eigenvalue weighted by atomic mass is 19.1. The molecule has 4 aromatic rings. The molecule has 0 spiro atoms. The predicted molar refractivity (Wildman–Crippen MR) is 125 cm³/mol. The van der Waals surface area contributed by atoms with Crippen LogP contribution in [0.15, 0.2) is 54.9 Å². The zero-order valence-electron chi connectivity index (χ0n) is 18.2. The number of fused-ring (bicyclic) bond motifs is 2. The van der Waals surface area contributed by atoms with E-state index in [4.69, 9.17) is 20.2 Å². The molecule has 33 heavy (non-hydrogen) atoms. The minimum absolute atomic E-state index is 0.0933. The summed E-state index contributed by atoms with van der Waals surface area (Å²) < 4.78 is 27.8. The van der Waals surface area contributed by atoms with E-state index in [0.717, 1.165) is 58.9 Å². The van der Waals surface area contributed by atoms with Crippen LogP contribution < -0.4 is 15.4 Å². The summed E-state index contributed by atoms with van der Waals surface area (Å²) in [4.78, 5) is 11.6. The number of rotatable bonds is 4. The molecule has 0 saturated carbocycles. The van der Waals surface area contributed by atoms with Crippen LogP contribution in [0.4, 0.5) is 10.1 Å². The summed E-state index contributed by atoms with van der Waals surface area (Å²) in [5.41, 5.74) is 10.2. The Morgan fingerprint density at radius 2 is 2.09 bits per heavy atom. The minimum Gasteiger partial charge on any atom is -0.488 e. The van der Waals surface area contributed by atoms with Crippen LogP contribution in [0.5, 0.6) is 5.75 Å². The van der Waals surface area contributed by atoms with E-state index in [1.165, 1.54) is 0 Å². The molecular formula is C25H26FN5O2. The van der Waals surface area contributed by atoms with Gasteiger partial charge in [0.15, 0.2) is 0 Å². The van der Waals surface area contributed by atoms with Gasteiger partial charge in [-0.1, -0.05) is 18.2 Å². The van der Waals surface area contributed by atoms with Crippen LogP contribution in [0.1, 0.15) is 12.8 Å². The van der Waals surface area contributed by atoms with Crippen molar-refractivity contribution < 1.29 is 13.9 Å². The van der Waals surface area contributed by atoms with E-state index in [9.17, 15) is 4.39 Å². The molecule has 0 aliphatic carbocycles. The number of hydrogen-bond donors (Lipinski definition) is 1. The van der Waals surface area contributed by atoms with E-state index in [2.05, 4.69) is 16.0 Å². The lowest BCUT2D eigenvalue weighted by atomic mass is 10.0. The van der Waals surface area contributed by atoms with Gasteiger partial charge in [-0.25, -0.2) is 14.4 Å². The summed E-state index contributed by atoms with van der Waals surface area (Å²) in [6.07, 6.45) is 4.37. The molecule has 170 valence electrons. The summed E-state index contributed by atoms with van der Waals surface area (Å²) in [6.45, 7) is 2.38. The fourth-order valence-electron chi connectivity index (χ4n) is 4.69. The molecule has 7 nitrogen and oxygen atoms in total. The number of aromatic nitrogens is 3. The van der Waals surface area contributed by atoms with Crippen LogP contribution in [-0.2, 0) is 4.74 Å². The van der Waals surface area contributed by atoms with Crippen molar-refractivity contribution in [3.63, 3.8) is 0 Å². The third-order valence-corrected chi connectivity index (χ3v) is 6.57. The Kier molecular flexibility index (Phi) is 5.11. The monoisotopic (exact) mass is 447 g/mol. The van der Waals surface area contributed by atoms with Gasteiger partial charge in [-0.15, -0.1) is 0 Å². The third kappa shape index (κ3) is 3.79. The maximum Gasteiger partial charge on any atom is 0.140 e. The number of anilines is 1. The van der Waals surface area contributed by atoms with Gasteiger partial charge < -0.3 is 20.1 Å². The summed E-state index contributed by atoms with van der Waals surface area (Å²) in [6, 6.07) is 13.6. The first kappa shape index (κ1) is 20.4. The summed E-state index contributed by atoms with van der Waals surface area (Å²) in [7, 11) is 0. The van der Waals surface area contributed by atoms with Gasteiger partial charge >= 0.3 is 0 Å². The molecule has 8 heteroatoms. The standard InChI is InChI=1S/C25H26FN5O2/c26-19-14-30(9-7-20(19)27)22-3-1-2-16-4-5-21(29-25(16)22)23-13-28-24-12-17(6-10-31(23)24)33-18-8-11-32-15-18/h1-6,10,12-13,18-20H,7-9,11,14-15,27H2. The minimum atomic E-state index is -1.04. The van der Waals surface area contributed by atoms with Crippen molar-refractivity contribution in [3.05, 3.63) is 54.9 Å². The number of alkyl halides is 1. The van der Waals surface area contributed by atoms with Crippen molar-refractivity contribution in [1.29, 1.82) is 0 Å². The number of piperidine rings is 1. The zero-order valence-corrected chi connectivity index (χ0v) is 18.2. The molecule has 1 aromatic carbocycles. The van der Waals surface area contributed by atoms with Crippen molar-refractivity contribution in [2.24, 2.45) is 5.73 Å². The first-order valence-electron chi connectivity index (χ1n) is 11.4. The molecular weight excluding hydrogens is 421 g/mol. The topological polar surface area (TPSA) is 77.9 Å². The van der Waals surface area contributed by atoms with Crippen LogP contribution in [0, 0.1) is 0 Å². The number of pyridine rings is 2. The second-order valence-electron chi connectivity index (χ2n) is 8.80. The average molecular weight is 448 g/mol. The smallest absolute Gasteiger partial charge is 0.140 e. The van der Waals surface area contributed by atoms with E-state index >= 15 is 0 Å². The number of halogens is 1. The maximum absolute atomic E-state index is 14.3. The third-order valence-electron chi connectivity index (χ3n) is 6.57. The van der Waals surface area contributed by atoms with Gasteiger partial charge in [-0.05, 0) is 24.6 Å². The molecule has 3 atom stereocenters. The lowest BCUT2D eigenvalue weighted by Gasteiger charge is -2.34. The maximum atomic E-state index is 14.3. The highest BCUT2D eigenvalue weighted by Gasteiger charge is 2.27. The SMILES string of the molecule is NC1CCN(c2cccc3ccc(-c4cnc5cc(OC6CCOC6)ccn45)nc23)CC1F. The van der Waals surface area contributed by atoms with Crippen molar-refractivity contribution in [2.45, 2.75) is 31.2 Å². The molecule has 2 aliphatic heterocycles. The Balaban J connectivity index is 1.35. The molecule has 6 rings (SSSR count). The van der Waals surface area contributed by atoms with Crippen LogP contribution in [-0.4, -0.2) is 59.0 Å². The molecule has 3 unspecified atom stereocenters. The second kappa shape index (κ2) is 8.28. The molecule has 0 bridgehead atoms. The van der Waals surface area contributed by atoms with Gasteiger partial charge in [0.1, 0.15) is 23.7 Å². The Bertz CT molecular complexity index is 1300. The van der Waals surface area contributed by atoms with Gasteiger partial charge in [-0.3, -0.25) is 4.40 Å². The Morgan fingerprint density at radius 3 is 2.94 bits per heavy atom. The van der Waals surface area contributed by atoms with E-state index in [1.54, 1.807) is 0 Å². The zero-order chi connectivity index (χ0) is 22.4. The lowest BCUT2D eigenvalue weighted by Crippen LogP contribution is -2.48. The Morgan fingerprint density at radius 1 is 1.15 bits per heavy atom. The first-order valence-corrected chi connectivity index (χ1v) is 11.4.